The summed E-state index contributed by atoms with van der Waals surface area (Å²) in [6, 6.07) is 14.2. The normalized spacial score (nSPS) is 13.7. The maximum absolute atomic E-state index is 13.7. The highest BCUT2D eigenvalue weighted by Gasteiger charge is 2.20. The Balaban J connectivity index is 1.28. The fourth-order valence-corrected chi connectivity index (χ4v) is 3.45. The van der Waals surface area contributed by atoms with Crippen molar-refractivity contribution in [2.75, 3.05) is 5.32 Å². The summed E-state index contributed by atoms with van der Waals surface area (Å²) in [7, 11) is 0. The Morgan fingerprint density at radius 1 is 1.06 bits per heavy atom. The maximum Gasteiger partial charge on any atom is 0.273 e. The van der Waals surface area contributed by atoms with Crippen LogP contribution in [-0.2, 0) is 6.61 Å². The van der Waals surface area contributed by atoms with Gasteiger partial charge < -0.3 is 19.9 Å². The Hall–Kier alpha value is -3.68. The van der Waals surface area contributed by atoms with Crippen LogP contribution in [0.15, 0.2) is 59.1 Å². The molecule has 1 heterocycles. The molecule has 0 spiro atoms. The van der Waals surface area contributed by atoms with Crippen molar-refractivity contribution >= 4 is 17.5 Å². The molecule has 2 aromatic carbocycles. The number of aromatic nitrogens is 1. The predicted octanol–water partition coefficient (Wildman–Crippen LogP) is 4.32. The number of halogens is 1. The van der Waals surface area contributed by atoms with Crippen LogP contribution < -0.4 is 15.4 Å². The van der Waals surface area contributed by atoms with E-state index in [2.05, 4.69) is 15.8 Å². The van der Waals surface area contributed by atoms with Crippen molar-refractivity contribution in [2.45, 2.75) is 38.3 Å². The first-order valence-corrected chi connectivity index (χ1v) is 10.1. The maximum atomic E-state index is 13.7. The van der Waals surface area contributed by atoms with Crippen molar-refractivity contribution in [3.63, 3.8) is 0 Å². The number of amides is 2. The summed E-state index contributed by atoms with van der Waals surface area (Å²) in [5, 5.41) is 9.40. The second kappa shape index (κ2) is 9.42. The molecule has 0 aliphatic heterocycles. The summed E-state index contributed by atoms with van der Waals surface area (Å²) in [5.41, 5.74) is 0.712. The Kier molecular flexibility index (Phi) is 6.26. The third-order valence-corrected chi connectivity index (χ3v) is 5.09. The molecule has 1 saturated carbocycles. The lowest BCUT2D eigenvalue weighted by Crippen LogP contribution is -2.32. The Labute approximate surface area is 178 Å². The van der Waals surface area contributed by atoms with Crippen LogP contribution in [0.5, 0.6) is 5.75 Å². The van der Waals surface area contributed by atoms with Gasteiger partial charge in [0.25, 0.3) is 11.8 Å². The highest BCUT2D eigenvalue weighted by atomic mass is 19.1. The number of ether oxygens (including phenoxy) is 1. The number of carbonyl (C=O) groups is 2. The summed E-state index contributed by atoms with van der Waals surface area (Å²) in [6.07, 6.45) is 4.26. The van der Waals surface area contributed by atoms with Gasteiger partial charge in [-0.2, -0.15) is 0 Å². The van der Waals surface area contributed by atoms with Crippen LogP contribution in [0.2, 0.25) is 0 Å². The molecule has 7 nitrogen and oxygen atoms in total. The van der Waals surface area contributed by atoms with E-state index in [1.165, 1.54) is 18.2 Å². The number of benzene rings is 2. The lowest BCUT2D eigenvalue weighted by molar-refractivity contribution is 0.0927. The highest BCUT2D eigenvalue weighted by molar-refractivity contribution is 6.04. The molecule has 31 heavy (non-hydrogen) atoms. The lowest BCUT2D eigenvalue weighted by atomic mass is 10.2. The topological polar surface area (TPSA) is 93.5 Å². The monoisotopic (exact) mass is 423 g/mol. The molecule has 2 N–H and O–H groups in total. The molecular weight excluding hydrogens is 401 g/mol. The molecule has 8 heteroatoms. The van der Waals surface area contributed by atoms with Gasteiger partial charge in [0.2, 0.25) is 0 Å². The van der Waals surface area contributed by atoms with E-state index in [-0.39, 0.29) is 29.8 Å². The first kappa shape index (κ1) is 20.6. The number of carbonyl (C=O) groups excluding carboxylic acids is 2. The van der Waals surface area contributed by atoms with E-state index in [0.29, 0.717) is 17.2 Å². The molecule has 0 bridgehead atoms. The first-order valence-electron chi connectivity index (χ1n) is 10.1. The summed E-state index contributed by atoms with van der Waals surface area (Å²) < 4.78 is 24.5. The molecule has 0 radical (unpaired) electrons. The number of anilines is 1. The van der Waals surface area contributed by atoms with Crippen LogP contribution in [0.1, 0.15) is 52.3 Å². The van der Waals surface area contributed by atoms with Gasteiger partial charge in [-0.1, -0.05) is 30.1 Å². The highest BCUT2D eigenvalue weighted by Crippen LogP contribution is 2.20. The van der Waals surface area contributed by atoms with Gasteiger partial charge in [-0.05, 0) is 49.2 Å². The largest absolute Gasteiger partial charge is 0.486 e. The van der Waals surface area contributed by atoms with Crippen LogP contribution in [0.3, 0.4) is 0 Å². The SMILES string of the molecule is O=C(NC1CCCC1)c1cc(COc2ccc(NC(=O)c3ccccc3F)cc2)on1. The summed E-state index contributed by atoms with van der Waals surface area (Å²) >= 11 is 0. The van der Waals surface area contributed by atoms with Gasteiger partial charge in [0, 0.05) is 17.8 Å². The molecule has 3 aromatic rings. The van der Waals surface area contributed by atoms with Crippen molar-refractivity contribution in [1.82, 2.24) is 10.5 Å². The molecule has 2 amide bonds. The standard InChI is InChI=1S/C23H22FN3O4/c24-20-8-4-3-7-19(20)22(28)25-16-9-11-17(12-10-16)30-14-18-13-21(27-31-18)23(29)26-15-5-1-2-6-15/h3-4,7-13,15H,1-2,5-6,14H2,(H,25,28)(H,26,29). The van der Waals surface area contributed by atoms with Gasteiger partial charge in [-0.25, -0.2) is 4.39 Å². The molecular formula is C23H22FN3O4. The molecule has 0 saturated heterocycles. The molecule has 1 aromatic heterocycles. The zero-order chi connectivity index (χ0) is 21.6. The molecule has 1 aliphatic carbocycles. The number of nitrogens with one attached hydrogen (secondary N) is 2. The quantitative estimate of drug-likeness (QED) is 0.590. The Morgan fingerprint density at radius 2 is 1.81 bits per heavy atom. The van der Waals surface area contributed by atoms with Gasteiger partial charge in [0.1, 0.15) is 18.2 Å². The molecule has 1 aliphatic rings. The van der Waals surface area contributed by atoms with Crippen molar-refractivity contribution in [1.29, 1.82) is 0 Å². The average molecular weight is 423 g/mol. The van der Waals surface area contributed by atoms with Crippen LogP contribution in [0, 0.1) is 5.82 Å². The molecule has 4 rings (SSSR count). The minimum absolute atomic E-state index is 0.0269. The Morgan fingerprint density at radius 3 is 2.55 bits per heavy atom. The number of hydrogen-bond donors (Lipinski definition) is 2. The van der Waals surface area contributed by atoms with Crippen molar-refractivity contribution < 1.29 is 23.2 Å². The molecule has 160 valence electrons. The third kappa shape index (κ3) is 5.28. The number of hydrogen-bond acceptors (Lipinski definition) is 5. The third-order valence-electron chi connectivity index (χ3n) is 5.09. The average Bonchev–Trinajstić information content (AvgIpc) is 3.46. The number of rotatable bonds is 7. The number of nitrogens with zero attached hydrogens (tertiary/aromatic N) is 1. The van der Waals surface area contributed by atoms with Crippen LogP contribution in [0.25, 0.3) is 0 Å². The first-order chi connectivity index (χ1) is 15.1. The van der Waals surface area contributed by atoms with Gasteiger partial charge in [-0.15, -0.1) is 0 Å². The summed E-state index contributed by atoms with van der Waals surface area (Å²) in [5.74, 6) is -0.386. The van der Waals surface area contributed by atoms with E-state index < -0.39 is 11.7 Å². The van der Waals surface area contributed by atoms with E-state index in [1.807, 2.05) is 0 Å². The van der Waals surface area contributed by atoms with E-state index >= 15 is 0 Å². The second-order valence-corrected chi connectivity index (χ2v) is 7.38. The minimum Gasteiger partial charge on any atom is -0.486 e. The van der Waals surface area contributed by atoms with Crippen LogP contribution in [-0.4, -0.2) is 23.0 Å². The Bertz CT molecular complexity index is 1060. The van der Waals surface area contributed by atoms with Gasteiger partial charge in [0.15, 0.2) is 11.5 Å². The predicted molar refractivity (Wildman–Crippen MR) is 111 cm³/mol. The van der Waals surface area contributed by atoms with Crippen LogP contribution >= 0.6 is 0 Å². The van der Waals surface area contributed by atoms with E-state index in [1.54, 1.807) is 36.4 Å². The van der Waals surface area contributed by atoms with E-state index in [9.17, 15) is 14.0 Å². The zero-order valence-corrected chi connectivity index (χ0v) is 16.8. The van der Waals surface area contributed by atoms with Crippen molar-refractivity contribution in [3.8, 4) is 5.75 Å². The molecule has 0 unspecified atom stereocenters. The zero-order valence-electron chi connectivity index (χ0n) is 16.8. The second-order valence-electron chi connectivity index (χ2n) is 7.38. The molecule has 1 fully saturated rings. The van der Waals surface area contributed by atoms with Crippen molar-refractivity contribution in [2.24, 2.45) is 0 Å². The minimum atomic E-state index is -0.580. The van der Waals surface area contributed by atoms with Gasteiger partial charge >= 0.3 is 0 Å². The van der Waals surface area contributed by atoms with Gasteiger partial charge in [0.05, 0.1) is 5.56 Å². The fourth-order valence-electron chi connectivity index (χ4n) is 3.45. The van der Waals surface area contributed by atoms with Crippen molar-refractivity contribution in [3.05, 3.63) is 77.4 Å². The lowest BCUT2D eigenvalue weighted by Gasteiger charge is -2.09. The molecule has 0 atom stereocenters. The summed E-state index contributed by atoms with van der Waals surface area (Å²) in [4.78, 5) is 24.4. The summed E-state index contributed by atoms with van der Waals surface area (Å²) in [6.45, 7) is 0.102. The van der Waals surface area contributed by atoms with E-state index in [4.69, 9.17) is 9.26 Å². The smallest absolute Gasteiger partial charge is 0.273 e. The van der Waals surface area contributed by atoms with Crippen LogP contribution in [0.4, 0.5) is 10.1 Å². The fraction of sp³-hybridized carbons (Fsp3) is 0.261. The van der Waals surface area contributed by atoms with E-state index in [0.717, 1.165) is 25.7 Å². The van der Waals surface area contributed by atoms with Gasteiger partial charge in [-0.3, -0.25) is 9.59 Å².